The SMILES string of the molecule is Cc1cccc(NCC(O)CCl)c1Br. The van der Waals surface area contributed by atoms with Crippen molar-refractivity contribution in [2.75, 3.05) is 17.7 Å². The highest BCUT2D eigenvalue weighted by Crippen LogP contribution is 2.25. The fourth-order valence-electron chi connectivity index (χ4n) is 1.07. The molecule has 1 rings (SSSR count). The fourth-order valence-corrected chi connectivity index (χ4v) is 1.58. The molecule has 0 saturated carbocycles. The van der Waals surface area contributed by atoms with Crippen LogP contribution in [0.4, 0.5) is 5.69 Å². The summed E-state index contributed by atoms with van der Waals surface area (Å²) < 4.78 is 1.03. The second kappa shape index (κ2) is 5.59. The van der Waals surface area contributed by atoms with Gasteiger partial charge in [0.15, 0.2) is 0 Å². The van der Waals surface area contributed by atoms with Crippen molar-refractivity contribution in [3.63, 3.8) is 0 Å². The number of aliphatic hydroxyl groups excluding tert-OH is 1. The van der Waals surface area contributed by atoms with Crippen molar-refractivity contribution in [3.05, 3.63) is 28.2 Å². The summed E-state index contributed by atoms with van der Waals surface area (Å²) in [6.45, 7) is 2.48. The van der Waals surface area contributed by atoms with E-state index in [1.807, 2.05) is 25.1 Å². The number of halogens is 2. The van der Waals surface area contributed by atoms with E-state index in [2.05, 4.69) is 21.2 Å². The number of alkyl halides is 1. The minimum atomic E-state index is -0.510. The molecular formula is C10H13BrClNO. The first kappa shape index (κ1) is 11.8. The van der Waals surface area contributed by atoms with Gasteiger partial charge in [-0.15, -0.1) is 11.6 Å². The van der Waals surface area contributed by atoms with Crippen LogP contribution in [0, 0.1) is 6.92 Å². The van der Waals surface area contributed by atoms with Gasteiger partial charge in [0, 0.05) is 16.7 Å². The zero-order valence-corrected chi connectivity index (χ0v) is 10.3. The van der Waals surface area contributed by atoms with Gasteiger partial charge in [-0.25, -0.2) is 0 Å². The molecule has 2 N–H and O–H groups in total. The first-order valence-corrected chi connectivity index (χ1v) is 5.71. The van der Waals surface area contributed by atoms with E-state index in [4.69, 9.17) is 11.6 Å². The lowest BCUT2D eigenvalue weighted by molar-refractivity contribution is 0.211. The van der Waals surface area contributed by atoms with Crippen LogP contribution in [0.25, 0.3) is 0 Å². The molecule has 0 aliphatic carbocycles. The normalized spacial score (nSPS) is 12.6. The van der Waals surface area contributed by atoms with Crippen LogP contribution in [0.5, 0.6) is 0 Å². The maximum absolute atomic E-state index is 9.27. The summed E-state index contributed by atoms with van der Waals surface area (Å²) in [4.78, 5) is 0. The van der Waals surface area contributed by atoms with Crippen molar-refractivity contribution in [3.8, 4) is 0 Å². The lowest BCUT2D eigenvalue weighted by Crippen LogP contribution is -2.20. The topological polar surface area (TPSA) is 32.3 Å². The zero-order valence-electron chi connectivity index (χ0n) is 7.93. The van der Waals surface area contributed by atoms with Crippen LogP contribution in [0.15, 0.2) is 22.7 Å². The molecule has 0 aliphatic heterocycles. The van der Waals surface area contributed by atoms with E-state index in [0.29, 0.717) is 6.54 Å². The summed E-state index contributed by atoms with van der Waals surface area (Å²) in [6, 6.07) is 5.95. The third-order valence-electron chi connectivity index (χ3n) is 1.90. The second-order valence-electron chi connectivity index (χ2n) is 3.13. The summed E-state index contributed by atoms with van der Waals surface area (Å²) in [6.07, 6.45) is -0.510. The van der Waals surface area contributed by atoms with E-state index < -0.39 is 6.10 Å². The minimum absolute atomic E-state index is 0.246. The molecule has 0 amide bonds. The number of anilines is 1. The highest BCUT2D eigenvalue weighted by molar-refractivity contribution is 9.10. The summed E-state index contributed by atoms with van der Waals surface area (Å²) in [7, 11) is 0. The first-order chi connectivity index (χ1) is 6.65. The van der Waals surface area contributed by atoms with Crippen molar-refractivity contribution in [1.29, 1.82) is 0 Å². The molecule has 0 aromatic heterocycles. The Morgan fingerprint density at radius 3 is 2.93 bits per heavy atom. The van der Waals surface area contributed by atoms with Gasteiger partial charge in [0.1, 0.15) is 0 Å². The summed E-state index contributed by atoms with van der Waals surface area (Å²) in [5.41, 5.74) is 2.14. The molecule has 1 aromatic carbocycles. The van der Waals surface area contributed by atoms with Crippen LogP contribution in [-0.2, 0) is 0 Å². The molecule has 2 nitrogen and oxygen atoms in total. The van der Waals surface area contributed by atoms with E-state index in [1.54, 1.807) is 0 Å². The third kappa shape index (κ3) is 3.15. The Balaban J connectivity index is 2.63. The summed E-state index contributed by atoms with van der Waals surface area (Å²) in [5, 5.41) is 12.4. The molecule has 0 bridgehead atoms. The Morgan fingerprint density at radius 1 is 1.57 bits per heavy atom. The standard InChI is InChI=1S/C10H13BrClNO/c1-7-3-2-4-9(10(7)11)13-6-8(14)5-12/h2-4,8,13-14H,5-6H2,1H3. The van der Waals surface area contributed by atoms with E-state index >= 15 is 0 Å². The lowest BCUT2D eigenvalue weighted by atomic mass is 10.2. The smallest absolute Gasteiger partial charge is 0.0847 e. The number of rotatable bonds is 4. The maximum atomic E-state index is 9.27. The molecule has 0 saturated heterocycles. The largest absolute Gasteiger partial charge is 0.390 e. The Hall–Kier alpha value is -0.250. The van der Waals surface area contributed by atoms with Gasteiger partial charge in [-0.1, -0.05) is 12.1 Å². The third-order valence-corrected chi connectivity index (χ3v) is 3.31. The molecule has 0 heterocycles. The van der Waals surface area contributed by atoms with Gasteiger partial charge in [0.2, 0.25) is 0 Å². The Labute approximate surface area is 97.4 Å². The highest BCUT2D eigenvalue weighted by Gasteiger charge is 2.04. The van der Waals surface area contributed by atoms with Gasteiger partial charge in [0.05, 0.1) is 12.0 Å². The average molecular weight is 279 g/mol. The molecule has 1 aromatic rings. The Bertz CT molecular complexity index is 306. The van der Waals surface area contributed by atoms with E-state index in [0.717, 1.165) is 15.7 Å². The van der Waals surface area contributed by atoms with Crippen LogP contribution in [0.3, 0.4) is 0 Å². The molecule has 78 valence electrons. The molecule has 0 radical (unpaired) electrons. The predicted molar refractivity (Wildman–Crippen MR) is 64.1 cm³/mol. The number of benzene rings is 1. The second-order valence-corrected chi connectivity index (χ2v) is 4.23. The first-order valence-electron chi connectivity index (χ1n) is 4.38. The van der Waals surface area contributed by atoms with Crippen LogP contribution in [0.2, 0.25) is 0 Å². The molecular weight excluding hydrogens is 265 g/mol. The summed E-state index contributed by atoms with van der Waals surface area (Å²) >= 11 is 8.96. The molecule has 14 heavy (non-hydrogen) atoms. The number of aliphatic hydroxyl groups is 1. The van der Waals surface area contributed by atoms with Crippen molar-refractivity contribution >= 4 is 33.2 Å². The fraction of sp³-hybridized carbons (Fsp3) is 0.400. The van der Waals surface area contributed by atoms with Crippen LogP contribution in [0.1, 0.15) is 5.56 Å². The van der Waals surface area contributed by atoms with Gasteiger partial charge in [-0.3, -0.25) is 0 Å². The monoisotopic (exact) mass is 277 g/mol. The van der Waals surface area contributed by atoms with Crippen LogP contribution < -0.4 is 5.32 Å². The van der Waals surface area contributed by atoms with Gasteiger partial charge in [0.25, 0.3) is 0 Å². The Kier molecular flexibility index (Phi) is 4.72. The van der Waals surface area contributed by atoms with Gasteiger partial charge in [-0.05, 0) is 34.5 Å². The molecule has 0 fully saturated rings. The van der Waals surface area contributed by atoms with Crippen LogP contribution in [-0.4, -0.2) is 23.6 Å². The number of aryl methyl sites for hydroxylation is 1. The molecule has 0 spiro atoms. The molecule has 4 heteroatoms. The van der Waals surface area contributed by atoms with Crippen molar-refractivity contribution in [1.82, 2.24) is 0 Å². The molecule has 1 atom stereocenters. The van der Waals surface area contributed by atoms with Gasteiger partial charge in [-0.2, -0.15) is 0 Å². The minimum Gasteiger partial charge on any atom is -0.390 e. The number of hydrogen-bond acceptors (Lipinski definition) is 2. The van der Waals surface area contributed by atoms with Gasteiger partial charge < -0.3 is 10.4 Å². The van der Waals surface area contributed by atoms with Crippen molar-refractivity contribution in [2.45, 2.75) is 13.0 Å². The molecule has 0 aliphatic rings. The van der Waals surface area contributed by atoms with Crippen molar-refractivity contribution < 1.29 is 5.11 Å². The van der Waals surface area contributed by atoms with E-state index in [-0.39, 0.29) is 5.88 Å². The van der Waals surface area contributed by atoms with Gasteiger partial charge >= 0.3 is 0 Å². The van der Waals surface area contributed by atoms with Crippen LogP contribution >= 0.6 is 27.5 Å². The number of hydrogen-bond donors (Lipinski definition) is 2. The maximum Gasteiger partial charge on any atom is 0.0847 e. The van der Waals surface area contributed by atoms with E-state index in [9.17, 15) is 5.11 Å². The molecule has 1 unspecified atom stereocenters. The zero-order chi connectivity index (χ0) is 10.6. The lowest BCUT2D eigenvalue weighted by Gasteiger charge is -2.12. The highest BCUT2D eigenvalue weighted by atomic mass is 79.9. The quantitative estimate of drug-likeness (QED) is 0.830. The summed E-state index contributed by atoms with van der Waals surface area (Å²) in [5.74, 6) is 0.246. The van der Waals surface area contributed by atoms with Crippen molar-refractivity contribution in [2.24, 2.45) is 0 Å². The predicted octanol–water partition coefficient (Wildman–Crippen LogP) is 2.77. The Morgan fingerprint density at radius 2 is 2.29 bits per heavy atom. The number of nitrogens with one attached hydrogen (secondary N) is 1. The van der Waals surface area contributed by atoms with E-state index in [1.165, 1.54) is 0 Å². The average Bonchev–Trinajstić information content (AvgIpc) is 2.20.